The molecule has 700 valence electrons. The van der Waals surface area contributed by atoms with Gasteiger partial charge in [0, 0.05) is 200 Å². The second kappa shape index (κ2) is 44.2. The smallest absolute Gasteiger partial charge is 0.245 e. The second-order valence-corrected chi connectivity index (χ2v) is 47.5. The van der Waals surface area contributed by atoms with Crippen molar-refractivity contribution in [2.75, 3.05) is 51.7 Å². The molecule has 0 radical (unpaired) electrons. The van der Waals surface area contributed by atoms with Crippen molar-refractivity contribution in [2.45, 2.75) is 190 Å². The second-order valence-electron chi connectivity index (χ2n) is 32.6. The van der Waals surface area contributed by atoms with E-state index in [0.717, 1.165) is 269 Å². The van der Waals surface area contributed by atoms with Gasteiger partial charge in [-0.3, -0.25) is 46.0 Å². The highest BCUT2D eigenvalue weighted by molar-refractivity contribution is 7.89. The fraction of sp³-hybridized carbons (Fsp3) is 0.326. The van der Waals surface area contributed by atoms with Crippen molar-refractivity contribution in [3.8, 4) is 54.5 Å². The summed E-state index contributed by atoms with van der Waals surface area (Å²) in [4.78, 5) is 75.3. The highest BCUT2D eigenvalue weighted by Crippen LogP contribution is 2.49. The van der Waals surface area contributed by atoms with E-state index in [2.05, 4.69) is 101 Å². The number of pyridine rings is 4. The highest BCUT2D eigenvalue weighted by Gasteiger charge is 2.34. The van der Waals surface area contributed by atoms with Gasteiger partial charge < -0.3 is 37.5 Å². The third kappa shape index (κ3) is 21.7. The van der Waals surface area contributed by atoms with Crippen molar-refractivity contribution in [1.82, 2.24) is 54.8 Å². The molecule has 14 aromatic heterocycles. The summed E-state index contributed by atoms with van der Waals surface area (Å²) in [6.07, 6.45) is 33.4. The molecule has 1 aliphatic carbocycles. The number of unbranched alkanes of at least 4 members (excludes halogenated alkanes) is 5. The van der Waals surface area contributed by atoms with Gasteiger partial charge in [0.25, 0.3) is 0 Å². The number of nitrogens with zero attached hydrogens (tertiary/aromatic N) is 16. The van der Waals surface area contributed by atoms with E-state index in [0.29, 0.717) is 106 Å². The summed E-state index contributed by atoms with van der Waals surface area (Å²) < 4.78 is 77.1. The number of rotatable bonds is 30. The van der Waals surface area contributed by atoms with Crippen molar-refractivity contribution in [3.05, 3.63) is 158 Å². The number of anilines is 4. The molecule has 0 saturated carbocycles. The van der Waals surface area contributed by atoms with Gasteiger partial charge in [-0.25, -0.2) is 54.8 Å². The highest BCUT2D eigenvalue weighted by atomic mass is 32.2. The van der Waals surface area contributed by atoms with Crippen LogP contribution in [-0.4, -0.2) is 133 Å². The Kier molecular flexibility index (Phi) is 31.9. The van der Waals surface area contributed by atoms with Crippen LogP contribution >= 0.6 is 79.4 Å². The van der Waals surface area contributed by atoms with E-state index in [1.165, 1.54) is 62.9 Å². The van der Waals surface area contributed by atoms with Crippen LogP contribution in [0, 0.1) is 0 Å². The molecule has 0 spiro atoms. The number of nitrogens with two attached hydrogens (primary N) is 5. The summed E-state index contributed by atoms with van der Waals surface area (Å²) in [6.45, 7) is 20.5. The minimum Gasteiger partial charge on any atom is -0.443 e. The molecular weight excluding hydrogens is 1930 g/mol. The molecule has 20 rings (SSSR count). The Morgan fingerprint density at radius 1 is 0.370 bits per heavy atom. The van der Waals surface area contributed by atoms with Gasteiger partial charge in [0.15, 0.2) is 10.8 Å². The molecule has 19 heterocycles. The number of thiazole rings is 4. The largest absolute Gasteiger partial charge is 0.443 e. The van der Waals surface area contributed by atoms with E-state index in [9.17, 15) is 21.0 Å². The first-order chi connectivity index (χ1) is 65.4. The Balaban J connectivity index is 0.000000123. The maximum Gasteiger partial charge on any atom is 0.245 e. The molecule has 0 amide bonds. The Bertz CT molecular complexity index is 6630. The molecule has 14 aromatic rings. The standard InChI is InChI=1S/C20H22N4OS2.2C19H20N4O2S2.C19H20N4OS3.C18H19N5OS3/c1-3-4-7-27(25)17-10-15-18(19(17)21)14(13-8-12(2)23-11-13)9-16(24-15)20-22-5-6-26-20;1-3-4-7-27(24)19-16(20)15-13(12-8-11(2)22-10-12)9-14(23-17(15)25-19)18-21-5-6-26-18;2*1-3-4-7-27(24)19-16(20)15-13(12-8-11(2)22-10-12)9-14(23-18(15)26-19)17-21-5-6-25-17;1-3-4-7-27(24)18-13(19)12-14(11-8-10(2)21-9-11)22-15(23-16(12)26-18)17-20-5-6-25-17/h5-6,9,11H,3-4,7-8,10,21H2,1-2H3;3*5-6,9-10H,3-4,7-8,20H2,1-2H3;5-6,9H,3-4,7-8,19H2,1-2H3. The van der Waals surface area contributed by atoms with Crippen LogP contribution in [0.2, 0.25) is 0 Å². The number of hydrogen-bond acceptors (Lipinski definition) is 35. The van der Waals surface area contributed by atoms with Crippen LogP contribution in [0.4, 0.5) is 22.7 Å². The normalized spacial score (nSPS) is 15.6. The Morgan fingerprint density at radius 2 is 0.748 bits per heavy atom. The quantitative estimate of drug-likeness (QED) is 0.0279. The molecule has 135 heavy (non-hydrogen) atoms. The van der Waals surface area contributed by atoms with Crippen LogP contribution in [-0.2, 0) is 60.4 Å². The predicted molar refractivity (Wildman–Crippen MR) is 568 cm³/mol. The van der Waals surface area contributed by atoms with E-state index in [4.69, 9.17) is 57.4 Å². The monoisotopic (exact) mass is 2030 g/mol. The van der Waals surface area contributed by atoms with Gasteiger partial charge in [-0.05, 0) is 136 Å². The molecule has 5 atom stereocenters. The molecule has 0 saturated heterocycles. The van der Waals surface area contributed by atoms with Crippen molar-refractivity contribution in [3.63, 3.8) is 0 Å². The van der Waals surface area contributed by atoms with Crippen LogP contribution in [0.5, 0.6) is 0 Å². The Morgan fingerprint density at radius 3 is 1.17 bits per heavy atom. The first-order valence-corrected chi connectivity index (χ1v) is 56.8. The number of oxazole rings is 1. The summed E-state index contributed by atoms with van der Waals surface area (Å²) in [6, 6.07) is 8.02. The van der Waals surface area contributed by atoms with Gasteiger partial charge in [-0.1, -0.05) is 66.7 Å². The fourth-order valence-electron chi connectivity index (χ4n) is 15.6. The van der Waals surface area contributed by atoms with Crippen molar-refractivity contribution in [1.29, 1.82) is 0 Å². The number of furan rings is 1. The SMILES string of the molecule is CCCCS(=O)C1=C(N)c2c(C3=CN=C(C)C3)cc(-c3nccs3)nc2C1.CCCCS(=O)c1oc2nc(-c3nccs3)cc(C3=CN=C(C)C3)c2c1N.CCCCS(=O)c1sc2nc(-c3ncco3)cc(C3=CN=C(C)C3)c2c1N.CCCCS(=O)c1sc2nc(-c3nccs3)cc(C3=CN=C(C)C3)c2c1N.CCCCS(=O)c1sc2nc(-c3nccs3)nc(C3=CN=C(C)C3)c2c1N. The molecule has 0 aromatic carbocycles. The molecule has 0 fully saturated rings. The Hall–Kier alpha value is -10.6. The molecular formula is C95H101N21O7S12. The zero-order valence-electron chi connectivity index (χ0n) is 76.1. The first-order valence-electron chi connectivity index (χ1n) is 44.3. The minimum absolute atomic E-state index is 0.319. The van der Waals surface area contributed by atoms with Crippen LogP contribution in [0.15, 0.2) is 170 Å². The average molecular weight is 2030 g/mol. The minimum atomic E-state index is -1.28. The van der Waals surface area contributed by atoms with Gasteiger partial charge in [-0.2, -0.15) is 0 Å². The maximum absolute atomic E-state index is 12.8. The van der Waals surface area contributed by atoms with E-state index < -0.39 is 54.0 Å². The van der Waals surface area contributed by atoms with Crippen LogP contribution in [0.25, 0.3) is 130 Å². The fourth-order valence-corrected chi connectivity index (χ4v) is 29.0. The maximum atomic E-state index is 12.8. The van der Waals surface area contributed by atoms with Crippen LogP contribution < -0.4 is 28.7 Å². The van der Waals surface area contributed by atoms with Crippen LogP contribution in [0.1, 0.15) is 205 Å². The molecule has 5 aliphatic heterocycles. The zero-order chi connectivity index (χ0) is 94.8. The molecule has 0 bridgehead atoms. The third-order valence-electron chi connectivity index (χ3n) is 22.4. The van der Waals surface area contributed by atoms with E-state index in [1.54, 1.807) is 53.7 Å². The van der Waals surface area contributed by atoms with Crippen molar-refractivity contribution < 1.29 is 29.9 Å². The third-order valence-corrected chi connectivity index (χ3v) is 37.5. The lowest BCUT2D eigenvalue weighted by molar-refractivity contribution is 0.497. The molecule has 40 heteroatoms. The van der Waals surface area contributed by atoms with Crippen LogP contribution in [0.3, 0.4) is 0 Å². The number of nitrogen functional groups attached to an aromatic ring is 4. The number of fused-ring (bicyclic) bond motifs is 5. The molecule has 5 unspecified atom stereocenters. The molecule has 28 nitrogen and oxygen atoms in total. The molecule has 6 aliphatic rings. The van der Waals surface area contributed by atoms with Crippen molar-refractivity contribution in [2.24, 2.45) is 30.7 Å². The van der Waals surface area contributed by atoms with Crippen molar-refractivity contribution >= 4 is 260 Å². The summed E-state index contributed by atoms with van der Waals surface area (Å²) in [7, 11) is -5.68. The average Bonchev–Trinajstić information content (AvgIpc) is 1.63. The Labute approximate surface area is 822 Å². The van der Waals surface area contributed by atoms with Gasteiger partial charge in [-0.15, -0.1) is 79.4 Å². The van der Waals surface area contributed by atoms with E-state index in [1.807, 2.05) is 105 Å². The number of aromatic nitrogens is 11. The lowest BCUT2D eigenvalue weighted by atomic mass is 9.96. The topological polar surface area (TPSA) is 445 Å². The number of aliphatic imine (C=N–C) groups is 5. The summed E-state index contributed by atoms with van der Waals surface area (Å²) in [5, 5.41) is 14.6. The predicted octanol–water partition coefficient (Wildman–Crippen LogP) is 23.1. The summed E-state index contributed by atoms with van der Waals surface area (Å²) >= 11 is 10.4. The summed E-state index contributed by atoms with van der Waals surface area (Å²) in [5.41, 5.74) is 55.7. The van der Waals surface area contributed by atoms with Gasteiger partial charge in [0.2, 0.25) is 16.7 Å². The van der Waals surface area contributed by atoms with Gasteiger partial charge >= 0.3 is 0 Å². The summed E-state index contributed by atoms with van der Waals surface area (Å²) in [5.74, 6) is 4.06. The zero-order valence-corrected chi connectivity index (χ0v) is 85.9. The van der Waals surface area contributed by atoms with Gasteiger partial charge in [0.1, 0.15) is 65.5 Å². The number of allylic oxidation sites excluding steroid dienone is 6. The van der Waals surface area contributed by atoms with E-state index in [-0.39, 0.29) is 0 Å². The molecule has 10 N–H and O–H groups in total. The first kappa shape index (κ1) is 97.5. The number of hydrogen-bond donors (Lipinski definition) is 5. The lowest BCUT2D eigenvalue weighted by Crippen LogP contribution is -2.06. The lowest BCUT2D eigenvalue weighted by Gasteiger charge is -2.12. The number of thiophene rings is 3. The van der Waals surface area contributed by atoms with Gasteiger partial charge in [0.05, 0.1) is 116 Å². The van der Waals surface area contributed by atoms with E-state index >= 15 is 0 Å².